The van der Waals surface area contributed by atoms with Crippen LogP contribution in [-0.4, -0.2) is 0 Å². The first-order valence-electron chi connectivity index (χ1n) is 5.54. The normalized spacial score (nSPS) is 9.67. The molecule has 0 N–H and O–H groups in total. The number of hydrogen-bond acceptors (Lipinski definition) is 2. The summed E-state index contributed by atoms with van der Waals surface area (Å²) in [4.78, 5) is -0.444. The van der Waals surface area contributed by atoms with E-state index in [-0.39, 0.29) is 5.56 Å². The monoisotopic (exact) mass is 307 g/mol. The fourth-order valence-corrected chi connectivity index (χ4v) is 1.93. The van der Waals surface area contributed by atoms with E-state index in [4.69, 9.17) is 5.26 Å². The van der Waals surface area contributed by atoms with Crippen molar-refractivity contribution in [1.82, 2.24) is 0 Å². The van der Waals surface area contributed by atoms with Crippen molar-refractivity contribution in [1.29, 1.82) is 5.26 Å². The molecule has 0 bridgehead atoms. The van der Waals surface area contributed by atoms with Gasteiger partial charge in [-0.3, -0.25) is 0 Å². The van der Waals surface area contributed by atoms with Crippen LogP contribution in [0.15, 0.2) is 35.2 Å². The molecule has 0 spiro atoms. The van der Waals surface area contributed by atoms with Crippen molar-refractivity contribution in [3.63, 3.8) is 0 Å². The molecule has 2 rings (SSSR count). The molecule has 0 radical (unpaired) electrons. The first-order valence-corrected chi connectivity index (χ1v) is 6.35. The highest BCUT2D eigenvalue weighted by Crippen LogP contribution is 2.25. The van der Waals surface area contributed by atoms with Gasteiger partial charge in [-0.1, -0.05) is 17.9 Å². The molecule has 0 fully saturated rings. The Balaban J connectivity index is 2.43. The highest BCUT2D eigenvalue weighted by molar-refractivity contribution is 8.03. The maximum absolute atomic E-state index is 13.6. The largest absolute Gasteiger partial charge is 0.206 e. The van der Waals surface area contributed by atoms with Crippen LogP contribution in [0.25, 0.3) is 0 Å². The van der Waals surface area contributed by atoms with E-state index in [1.807, 2.05) is 0 Å². The minimum atomic E-state index is -0.958. The summed E-state index contributed by atoms with van der Waals surface area (Å²) >= 11 is 0.344. The lowest BCUT2D eigenvalue weighted by molar-refractivity contribution is 0.540. The third-order valence-corrected chi connectivity index (χ3v) is 3.13. The van der Waals surface area contributed by atoms with E-state index in [9.17, 15) is 17.6 Å². The number of halogens is 4. The topological polar surface area (TPSA) is 23.8 Å². The fourth-order valence-electron chi connectivity index (χ4n) is 1.53. The number of nitrogens with zero attached hydrogens (tertiary/aromatic N) is 1. The Hall–Kier alpha value is -2.44. The van der Waals surface area contributed by atoms with Crippen LogP contribution in [0.4, 0.5) is 17.6 Å². The molecule has 1 nitrogen and oxygen atoms in total. The molecule has 21 heavy (non-hydrogen) atoms. The number of benzene rings is 2. The molecular formula is C15H5F4NS. The van der Waals surface area contributed by atoms with E-state index in [0.29, 0.717) is 11.8 Å². The van der Waals surface area contributed by atoms with Crippen molar-refractivity contribution in [2.45, 2.75) is 4.90 Å². The summed E-state index contributed by atoms with van der Waals surface area (Å²) in [5, 5.41) is 9.98. The number of thioether (sulfide) groups is 1. The second-order valence-corrected chi connectivity index (χ2v) is 4.60. The van der Waals surface area contributed by atoms with E-state index < -0.39 is 33.7 Å². The summed E-state index contributed by atoms with van der Waals surface area (Å²) in [6.07, 6.45) is 0. The zero-order valence-corrected chi connectivity index (χ0v) is 11.1. The summed E-state index contributed by atoms with van der Waals surface area (Å²) in [6, 6.07) is 5.04. The third kappa shape index (κ3) is 3.36. The van der Waals surface area contributed by atoms with Gasteiger partial charge in [0.25, 0.3) is 0 Å². The van der Waals surface area contributed by atoms with Gasteiger partial charge in [-0.2, -0.15) is 5.26 Å². The van der Waals surface area contributed by atoms with Crippen molar-refractivity contribution < 1.29 is 17.6 Å². The highest BCUT2D eigenvalue weighted by Gasteiger charge is 2.11. The smallest absolute Gasteiger partial charge is 0.142 e. The molecule has 0 aliphatic rings. The first-order chi connectivity index (χ1) is 10.0. The van der Waals surface area contributed by atoms with Gasteiger partial charge in [-0.25, -0.2) is 17.6 Å². The summed E-state index contributed by atoms with van der Waals surface area (Å²) in [5.41, 5.74) is -0.566. The molecule has 2 aromatic carbocycles. The molecule has 0 amide bonds. The molecule has 0 saturated heterocycles. The van der Waals surface area contributed by atoms with Crippen molar-refractivity contribution >= 4 is 11.8 Å². The van der Waals surface area contributed by atoms with E-state index in [1.54, 1.807) is 5.40 Å². The Morgan fingerprint density at radius 1 is 0.857 bits per heavy atom. The van der Waals surface area contributed by atoms with Crippen molar-refractivity contribution in [2.24, 2.45) is 0 Å². The third-order valence-electron chi connectivity index (χ3n) is 2.44. The molecule has 104 valence electrons. The van der Waals surface area contributed by atoms with Crippen LogP contribution < -0.4 is 0 Å². The van der Waals surface area contributed by atoms with Crippen LogP contribution in [0, 0.1) is 45.8 Å². The van der Waals surface area contributed by atoms with Gasteiger partial charge in [0.2, 0.25) is 0 Å². The summed E-state index contributed by atoms with van der Waals surface area (Å²) in [6.45, 7) is 0. The molecule has 0 aliphatic carbocycles. The maximum Gasteiger partial charge on any atom is 0.142 e. The lowest BCUT2D eigenvalue weighted by Gasteiger charge is -2.00. The molecule has 0 heterocycles. The van der Waals surface area contributed by atoms with Gasteiger partial charge in [-0.05, 0) is 36.0 Å². The van der Waals surface area contributed by atoms with E-state index in [2.05, 4.69) is 11.8 Å². The molecule has 0 unspecified atom stereocenters. The first kappa shape index (κ1) is 15.0. The lowest BCUT2D eigenvalue weighted by Crippen LogP contribution is -1.91. The summed E-state index contributed by atoms with van der Waals surface area (Å²) < 4.78 is 53.8. The minimum Gasteiger partial charge on any atom is -0.206 e. The van der Waals surface area contributed by atoms with E-state index in [1.165, 1.54) is 6.07 Å². The molecule has 0 saturated carbocycles. The van der Waals surface area contributed by atoms with Gasteiger partial charge in [0.15, 0.2) is 0 Å². The summed E-state index contributed by atoms with van der Waals surface area (Å²) in [5.74, 6) is 0.851. The Morgan fingerprint density at radius 3 is 1.95 bits per heavy atom. The van der Waals surface area contributed by atoms with Crippen LogP contribution in [0.1, 0.15) is 11.1 Å². The molecule has 2 aromatic rings. The fraction of sp³-hybridized carbons (Fsp3) is 0. The molecule has 0 atom stereocenters. The predicted molar refractivity (Wildman–Crippen MR) is 70.2 cm³/mol. The lowest BCUT2D eigenvalue weighted by atomic mass is 10.1. The van der Waals surface area contributed by atoms with Gasteiger partial charge in [-0.15, -0.1) is 0 Å². The summed E-state index contributed by atoms with van der Waals surface area (Å²) in [7, 11) is 0. The molecule has 0 aliphatic heterocycles. The van der Waals surface area contributed by atoms with Crippen LogP contribution in [0.2, 0.25) is 0 Å². The highest BCUT2D eigenvalue weighted by atomic mass is 32.2. The zero-order valence-electron chi connectivity index (χ0n) is 10.3. The standard InChI is InChI=1S/C15H5F4NS/c16-11-2-1-3-12(17)10(11)5-4-9-6-13(18)15(21-8-20)14(19)7-9/h1-3,6-7H. The van der Waals surface area contributed by atoms with Gasteiger partial charge < -0.3 is 0 Å². The van der Waals surface area contributed by atoms with Crippen LogP contribution in [0.5, 0.6) is 0 Å². The molecule has 0 aromatic heterocycles. The number of nitriles is 1. The average Bonchev–Trinajstić information content (AvgIpc) is 2.42. The quantitative estimate of drug-likeness (QED) is 0.341. The zero-order chi connectivity index (χ0) is 15.4. The van der Waals surface area contributed by atoms with Gasteiger partial charge >= 0.3 is 0 Å². The Bertz CT molecular complexity index is 756. The SMILES string of the molecule is N#CSc1c(F)cc(C#Cc2c(F)cccc2F)cc1F. The van der Waals surface area contributed by atoms with Gasteiger partial charge in [0.1, 0.15) is 28.7 Å². The average molecular weight is 307 g/mol. The van der Waals surface area contributed by atoms with Crippen LogP contribution in [0.3, 0.4) is 0 Å². The predicted octanol–water partition coefficient (Wildman–Crippen LogP) is 4.22. The van der Waals surface area contributed by atoms with Gasteiger partial charge in [0, 0.05) is 5.56 Å². The van der Waals surface area contributed by atoms with Crippen LogP contribution >= 0.6 is 11.8 Å². The van der Waals surface area contributed by atoms with Gasteiger partial charge in [0.05, 0.1) is 10.5 Å². The number of rotatable bonds is 1. The maximum atomic E-state index is 13.6. The number of hydrogen-bond donors (Lipinski definition) is 0. The van der Waals surface area contributed by atoms with Crippen molar-refractivity contribution in [2.75, 3.05) is 0 Å². The second-order valence-electron chi connectivity index (χ2n) is 3.81. The Morgan fingerprint density at radius 2 is 1.43 bits per heavy atom. The van der Waals surface area contributed by atoms with E-state index in [0.717, 1.165) is 24.3 Å². The van der Waals surface area contributed by atoms with E-state index >= 15 is 0 Å². The molecule has 6 heteroatoms. The Kier molecular flexibility index (Phi) is 4.52. The number of thiocyanates is 1. The minimum absolute atomic E-state index is 0.0880. The molecular weight excluding hydrogens is 302 g/mol. The Labute approximate surface area is 122 Å². The second kappa shape index (κ2) is 6.34. The van der Waals surface area contributed by atoms with Crippen molar-refractivity contribution in [3.05, 3.63) is 64.7 Å². The van der Waals surface area contributed by atoms with Crippen molar-refractivity contribution in [3.8, 4) is 17.2 Å². The van der Waals surface area contributed by atoms with Crippen LogP contribution in [-0.2, 0) is 0 Å².